The van der Waals surface area contributed by atoms with E-state index < -0.39 is 28.9 Å². The molecule has 1 saturated carbocycles. The van der Waals surface area contributed by atoms with Crippen molar-refractivity contribution < 1.29 is 24.2 Å². The first-order valence-corrected chi connectivity index (χ1v) is 9.84. The van der Waals surface area contributed by atoms with Crippen molar-refractivity contribution in [1.29, 1.82) is 0 Å². The number of carbonyl (C=O) groups excluding carboxylic acids is 2. The maximum Gasteiger partial charge on any atom is 0.328 e. The number of hydrogen-bond donors (Lipinski definition) is 2. The molecule has 0 bridgehead atoms. The number of rotatable bonds is 8. The van der Waals surface area contributed by atoms with Crippen LogP contribution in [0.25, 0.3) is 0 Å². The Balaban J connectivity index is 2.23. The molecule has 0 aromatic heterocycles. The second kappa shape index (κ2) is 8.62. The summed E-state index contributed by atoms with van der Waals surface area (Å²) >= 11 is 0. The van der Waals surface area contributed by atoms with Crippen molar-refractivity contribution >= 4 is 11.9 Å². The number of amides is 1. The van der Waals surface area contributed by atoms with E-state index in [1.54, 1.807) is 14.0 Å². The van der Waals surface area contributed by atoms with Gasteiger partial charge in [0, 0.05) is 18.9 Å². The fourth-order valence-corrected chi connectivity index (χ4v) is 4.11. The van der Waals surface area contributed by atoms with E-state index in [1.807, 2.05) is 51.1 Å². The Hall–Kier alpha value is -1.92. The number of benzene rings is 1. The molecule has 0 radical (unpaired) electrons. The maximum atomic E-state index is 13.2. The number of methoxy groups -OCH3 is 1. The van der Waals surface area contributed by atoms with Crippen molar-refractivity contribution in [2.45, 2.75) is 58.6 Å². The van der Waals surface area contributed by atoms with Crippen LogP contribution < -0.4 is 5.32 Å². The molecule has 1 aromatic carbocycles. The van der Waals surface area contributed by atoms with Gasteiger partial charge in [0.1, 0.15) is 11.6 Å². The van der Waals surface area contributed by atoms with E-state index in [2.05, 4.69) is 5.32 Å². The lowest BCUT2D eigenvalue weighted by Crippen LogP contribution is -2.60. The monoisotopic (exact) mass is 391 g/mol. The Bertz CT molecular complexity index is 689. The summed E-state index contributed by atoms with van der Waals surface area (Å²) in [5.41, 5.74) is -1.77. The van der Waals surface area contributed by atoms with E-state index in [1.165, 1.54) is 0 Å². The number of ether oxygens (including phenoxy) is 2. The zero-order chi connectivity index (χ0) is 21.0. The van der Waals surface area contributed by atoms with Crippen LogP contribution in [0.1, 0.15) is 46.1 Å². The SMILES string of the molecule is CCOC(=O)[C@H](Cc1ccccc1)NC(=O)[C@]1(O)CC[C@@](C)(COC)C1(C)C. The molecule has 0 unspecified atom stereocenters. The van der Waals surface area contributed by atoms with Crippen LogP contribution in [0.5, 0.6) is 0 Å². The first-order valence-electron chi connectivity index (χ1n) is 9.84. The van der Waals surface area contributed by atoms with Crippen molar-refractivity contribution in [3.63, 3.8) is 0 Å². The number of hydrogen-bond acceptors (Lipinski definition) is 5. The molecule has 2 N–H and O–H groups in total. The van der Waals surface area contributed by atoms with Crippen molar-refractivity contribution in [3.8, 4) is 0 Å². The molecule has 1 amide bonds. The third-order valence-electron chi connectivity index (χ3n) is 6.58. The van der Waals surface area contributed by atoms with Crippen LogP contribution in [0.4, 0.5) is 0 Å². The molecule has 3 atom stereocenters. The normalized spacial score (nSPS) is 27.2. The van der Waals surface area contributed by atoms with Gasteiger partial charge < -0.3 is 19.9 Å². The van der Waals surface area contributed by atoms with Crippen molar-refractivity contribution in [3.05, 3.63) is 35.9 Å². The minimum Gasteiger partial charge on any atom is -0.464 e. The number of carbonyl (C=O) groups is 2. The summed E-state index contributed by atoms with van der Waals surface area (Å²) in [6.07, 6.45) is 1.27. The van der Waals surface area contributed by atoms with Gasteiger partial charge in [-0.2, -0.15) is 0 Å². The second-order valence-corrected chi connectivity index (χ2v) is 8.45. The average molecular weight is 392 g/mol. The van der Waals surface area contributed by atoms with Crippen LogP contribution in [0.15, 0.2) is 30.3 Å². The molecule has 1 aromatic rings. The minimum absolute atomic E-state index is 0.224. The maximum absolute atomic E-state index is 13.2. The molecule has 1 fully saturated rings. The minimum atomic E-state index is -1.60. The van der Waals surface area contributed by atoms with Crippen LogP contribution in [0, 0.1) is 10.8 Å². The zero-order valence-electron chi connectivity index (χ0n) is 17.6. The molecule has 1 aliphatic carbocycles. The lowest BCUT2D eigenvalue weighted by atomic mass is 9.64. The molecule has 0 heterocycles. The second-order valence-electron chi connectivity index (χ2n) is 8.45. The molecular weight excluding hydrogens is 358 g/mol. The highest BCUT2D eigenvalue weighted by molar-refractivity contribution is 5.91. The predicted octanol–water partition coefficient (Wildman–Crippen LogP) is 2.48. The van der Waals surface area contributed by atoms with Crippen LogP contribution in [0.2, 0.25) is 0 Å². The highest BCUT2D eigenvalue weighted by Gasteiger charge is 2.63. The van der Waals surface area contributed by atoms with E-state index >= 15 is 0 Å². The fourth-order valence-electron chi connectivity index (χ4n) is 4.11. The van der Waals surface area contributed by atoms with Gasteiger partial charge in [0.25, 0.3) is 5.91 Å². The molecule has 2 rings (SSSR count). The molecule has 6 nitrogen and oxygen atoms in total. The van der Waals surface area contributed by atoms with Gasteiger partial charge in [-0.05, 0) is 30.7 Å². The summed E-state index contributed by atoms with van der Waals surface area (Å²) in [5.74, 6) is -1.04. The molecular formula is C22H33NO5. The van der Waals surface area contributed by atoms with Crippen LogP contribution in [-0.2, 0) is 25.5 Å². The highest BCUT2D eigenvalue weighted by Crippen LogP contribution is 2.58. The zero-order valence-corrected chi connectivity index (χ0v) is 17.6. The van der Waals surface area contributed by atoms with Gasteiger partial charge >= 0.3 is 5.97 Å². The largest absolute Gasteiger partial charge is 0.464 e. The van der Waals surface area contributed by atoms with E-state index in [0.29, 0.717) is 25.9 Å². The van der Waals surface area contributed by atoms with Crippen molar-refractivity contribution in [2.75, 3.05) is 20.3 Å². The van der Waals surface area contributed by atoms with Gasteiger partial charge in [0.15, 0.2) is 0 Å². The standard InChI is InChI=1S/C22H33NO5/c1-6-28-18(24)17(14-16-10-8-7-9-11-16)23-19(25)22(26)13-12-21(4,15-27-5)20(22,2)3/h7-11,17,26H,6,12-15H2,1-5H3,(H,23,25)/t17-,21-,22+/m0/s1. The van der Waals surface area contributed by atoms with E-state index in [-0.39, 0.29) is 12.0 Å². The topological polar surface area (TPSA) is 84.9 Å². The Kier molecular flexibility index (Phi) is 6.88. The van der Waals surface area contributed by atoms with Gasteiger partial charge in [-0.25, -0.2) is 4.79 Å². The number of aliphatic hydroxyl groups is 1. The summed E-state index contributed by atoms with van der Waals surface area (Å²) in [6.45, 7) is 8.19. The highest BCUT2D eigenvalue weighted by atomic mass is 16.5. The van der Waals surface area contributed by atoms with Gasteiger partial charge in [0.2, 0.25) is 0 Å². The predicted molar refractivity (Wildman–Crippen MR) is 107 cm³/mol. The van der Waals surface area contributed by atoms with Gasteiger partial charge in [-0.3, -0.25) is 4.79 Å². The summed E-state index contributed by atoms with van der Waals surface area (Å²) < 4.78 is 10.5. The first kappa shape index (κ1) is 22.4. The summed E-state index contributed by atoms with van der Waals surface area (Å²) in [5, 5.41) is 14.1. The third-order valence-corrected chi connectivity index (χ3v) is 6.58. The fraction of sp³-hybridized carbons (Fsp3) is 0.636. The molecule has 0 spiro atoms. The lowest BCUT2D eigenvalue weighted by Gasteiger charge is -2.45. The van der Waals surface area contributed by atoms with Crippen molar-refractivity contribution in [1.82, 2.24) is 5.32 Å². The Morgan fingerprint density at radius 1 is 1.18 bits per heavy atom. The average Bonchev–Trinajstić information content (AvgIpc) is 2.83. The van der Waals surface area contributed by atoms with Crippen LogP contribution >= 0.6 is 0 Å². The van der Waals surface area contributed by atoms with Gasteiger partial charge in [0.05, 0.1) is 13.2 Å². The Morgan fingerprint density at radius 3 is 2.39 bits per heavy atom. The molecule has 1 aliphatic rings. The summed E-state index contributed by atoms with van der Waals surface area (Å²) in [4.78, 5) is 25.6. The Morgan fingerprint density at radius 2 is 1.82 bits per heavy atom. The van der Waals surface area contributed by atoms with Gasteiger partial charge in [-0.1, -0.05) is 51.1 Å². The van der Waals surface area contributed by atoms with E-state index in [9.17, 15) is 14.7 Å². The number of nitrogens with one attached hydrogen (secondary N) is 1. The summed E-state index contributed by atoms with van der Waals surface area (Å²) in [7, 11) is 1.62. The van der Waals surface area contributed by atoms with Crippen LogP contribution in [-0.4, -0.2) is 48.9 Å². The Labute approximate surface area is 167 Å². The molecule has 6 heteroatoms. The van der Waals surface area contributed by atoms with Crippen LogP contribution in [0.3, 0.4) is 0 Å². The van der Waals surface area contributed by atoms with Gasteiger partial charge in [-0.15, -0.1) is 0 Å². The quantitative estimate of drug-likeness (QED) is 0.665. The molecule has 28 heavy (non-hydrogen) atoms. The molecule has 0 saturated heterocycles. The first-order chi connectivity index (χ1) is 13.1. The third kappa shape index (κ3) is 4.08. The summed E-state index contributed by atoms with van der Waals surface area (Å²) in [6, 6.07) is 8.57. The smallest absolute Gasteiger partial charge is 0.328 e. The van der Waals surface area contributed by atoms with Crippen molar-refractivity contribution in [2.24, 2.45) is 10.8 Å². The molecule has 156 valence electrons. The van der Waals surface area contributed by atoms with E-state index in [0.717, 1.165) is 5.56 Å². The van der Waals surface area contributed by atoms with E-state index in [4.69, 9.17) is 9.47 Å². The lowest BCUT2D eigenvalue weighted by molar-refractivity contribution is -0.162. The number of esters is 1. The molecule has 0 aliphatic heterocycles.